The molecule has 0 heterocycles. The number of azide groups is 1. The van der Waals surface area contributed by atoms with E-state index in [0.717, 1.165) is 11.1 Å². The van der Waals surface area contributed by atoms with E-state index in [9.17, 15) is 0 Å². The molecule has 0 aromatic heterocycles. The van der Waals surface area contributed by atoms with Gasteiger partial charge in [-0.05, 0) is 51.4 Å². The molecule has 2 aromatic carbocycles. The Bertz CT molecular complexity index is 525. The van der Waals surface area contributed by atoms with Gasteiger partial charge in [-0.2, -0.15) is 0 Å². The van der Waals surface area contributed by atoms with Crippen LogP contribution >= 0.6 is 22.6 Å². The average Bonchev–Trinajstić information content (AvgIpc) is 2.32. The monoisotopic (exact) mass is 321 g/mol. The molecule has 0 saturated heterocycles. The summed E-state index contributed by atoms with van der Waals surface area (Å²) in [5, 5.41) is 3.53. The molecular formula is C12H8IN3. The molecule has 0 aliphatic heterocycles. The Hall–Kier alpha value is -1.52. The van der Waals surface area contributed by atoms with Gasteiger partial charge < -0.3 is 0 Å². The van der Waals surface area contributed by atoms with E-state index in [1.165, 1.54) is 3.57 Å². The summed E-state index contributed by atoms with van der Waals surface area (Å²) in [4.78, 5) is 2.74. The van der Waals surface area contributed by atoms with Crippen molar-refractivity contribution in [3.05, 3.63) is 62.5 Å². The molecule has 3 nitrogen and oxygen atoms in total. The fourth-order valence-electron chi connectivity index (χ4n) is 1.41. The molecule has 0 atom stereocenters. The average molecular weight is 321 g/mol. The Morgan fingerprint density at radius 1 is 0.875 bits per heavy atom. The Labute approximate surface area is 107 Å². The van der Waals surface area contributed by atoms with Crippen molar-refractivity contribution >= 4 is 28.3 Å². The minimum Gasteiger partial charge on any atom is -0.0608 e. The molecule has 4 heteroatoms. The van der Waals surface area contributed by atoms with E-state index in [-0.39, 0.29) is 0 Å². The lowest BCUT2D eigenvalue weighted by molar-refractivity contribution is 1.47. The molecule has 16 heavy (non-hydrogen) atoms. The van der Waals surface area contributed by atoms with Crippen LogP contribution in [0.2, 0.25) is 0 Å². The second-order valence-corrected chi connectivity index (χ2v) is 4.49. The summed E-state index contributed by atoms with van der Waals surface area (Å²) in [6, 6.07) is 15.8. The lowest BCUT2D eigenvalue weighted by Crippen LogP contribution is -1.77. The van der Waals surface area contributed by atoms with Crippen LogP contribution in [0.5, 0.6) is 0 Å². The van der Waals surface area contributed by atoms with Crippen molar-refractivity contribution < 1.29 is 0 Å². The Morgan fingerprint density at radius 2 is 1.38 bits per heavy atom. The topological polar surface area (TPSA) is 48.8 Å². The Balaban J connectivity index is 2.34. The predicted octanol–water partition coefficient (Wildman–Crippen LogP) is 4.90. The van der Waals surface area contributed by atoms with Crippen LogP contribution in [0.4, 0.5) is 5.69 Å². The number of nitrogens with zero attached hydrogens (tertiary/aromatic N) is 3. The molecule has 78 valence electrons. The van der Waals surface area contributed by atoms with E-state index in [1.807, 2.05) is 24.3 Å². The van der Waals surface area contributed by atoms with Crippen LogP contribution in [0.15, 0.2) is 53.6 Å². The molecule has 2 rings (SSSR count). The molecule has 0 unspecified atom stereocenters. The first-order chi connectivity index (χ1) is 7.79. The van der Waals surface area contributed by atoms with Gasteiger partial charge in [-0.1, -0.05) is 41.5 Å². The fraction of sp³-hybridized carbons (Fsp3) is 0. The van der Waals surface area contributed by atoms with Gasteiger partial charge >= 0.3 is 0 Å². The highest BCUT2D eigenvalue weighted by Gasteiger charge is 1.97. The zero-order chi connectivity index (χ0) is 11.4. The summed E-state index contributed by atoms with van der Waals surface area (Å²) >= 11 is 2.28. The zero-order valence-corrected chi connectivity index (χ0v) is 10.5. The normalized spacial score (nSPS) is 9.56. The van der Waals surface area contributed by atoms with Gasteiger partial charge in [-0.15, -0.1) is 0 Å². The van der Waals surface area contributed by atoms with Crippen LogP contribution in [0.25, 0.3) is 21.6 Å². The van der Waals surface area contributed by atoms with Crippen molar-refractivity contribution in [2.45, 2.75) is 0 Å². The molecule has 0 N–H and O–H groups in total. The van der Waals surface area contributed by atoms with Crippen LogP contribution in [0, 0.1) is 3.57 Å². The Kier molecular flexibility index (Phi) is 3.44. The molecule has 0 bridgehead atoms. The van der Waals surface area contributed by atoms with Crippen LogP contribution in [-0.2, 0) is 0 Å². The third-order valence-corrected chi connectivity index (χ3v) is 2.92. The lowest BCUT2D eigenvalue weighted by Gasteiger charge is -2.01. The zero-order valence-electron chi connectivity index (χ0n) is 8.34. The minimum absolute atomic E-state index is 0.636. The second kappa shape index (κ2) is 5.01. The SMILES string of the molecule is [N-]=[N+]=Nc1ccc(-c2ccc(I)cc2)cc1. The van der Waals surface area contributed by atoms with Gasteiger partial charge in [0, 0.05) is 14.2 Å². The highest BCUT2D eigenvalue weighted by atomic mass is 127. The highest BCUT2D eigenvalue weighted by Crippen LogP contribution is 2.23. The van der Waals surface area contributed by atoms with E-state index in [1.54, 1.807) is 0 Å². The fourth-order valence-corrected chi connectivity index (χ4v) is 1.77. The van der Waals surface area contributed by atoms with Crippen LogP contribution < -0.4 is 0 Å². The Morgan fingerprint density at radius 3 is 1.88 bits per heavy atom. The van der Waals surface area contributed by atoms with Crippen molar-refractivity contribution in [3.8, 4) is 11.1 Å². The summed E-state index contributed by atoms with van der Waals surface area (Å²) in [7, 11) is 0. The smallest absolute Gasteiger partial charge is 0.0375 e. The molecule has 0 radical (unpaired) electrons. The summed E-state index contributed by atoms with van der Waals surface area (Å²) in [6.45, 7) is 0. The summed E-state index contributed by atoms with van der Waals surface area (Å²) in [5.74, 6) is 0. The van der Waals surface area contributed by atoms with E-state index in [0.29, 0.717) is 5.69 Å². The van der Waals surface area contributed by atoms with Gasteiger partial charge in [-0.3, -0.25) is 0 Å². The van der Waals surface area contributed by atoms with Crippen molar-refractivity contribution in [1.29, 1.82) is 0 Å². The van der Waals surface area contributed by atoms with Gasteiger partial charge in [-0.25, -0.2) is 0 Å². The maximum absolute atomic E-state index is 8.29. The van der Waals surface area contributed by atoms with E-state index < -0.39 is 0 Å². The molecule has 0 saturated carbocycles. The number of benzene rings is 2. The van der Waals surface area contributed by atoms with E-state index in [2.05, 4.69) is 56.9 Å². The van der Waals surface area contributed by atoms with Gasteiger partial charge in [0.25, 0.3) is 0 Å². The first-order valence-electron chi connectivity index (χ1n) is 4.71. The number of hydrogen-bond donors (Lipinski definition) is 0. The van der Waals surface area contributed by atoms with Crippen molar-refractivity contribution in [2.75, 3.05) is 0 Å². The highest BCUT2D eigenvalue weighted by molar-refractivity contribution is 14.1. The van der Waals surface area contributed by atoms with Gasteiger partial charge in [0.05, 0.1) is 0 Å². The number of hydrogen-bond acceptors (Lipinski definition) is 1. The van der Waals surface area contributed by atoms with Crippen molar-refractivity contribution in [1.82, 2.24) is 0 Å². The summed E-state index contributed by atoms with van der Waals surface area (Å²) in [6.07, 6.45) is 0. The molecule has 2 aromatic rings. The minimum atomic E-state index is 0.636. The van der Waals surface area contributed by atoms with Gasteiger partial charge in [0.1, 0.15) is 0 Å². The maximum Gasteiger partial charge on any atom is 0.0375 e. The van der Waals surface area contributed by atoms with Crippen molar-refractivity contribution in [3.63, 3.8) is 0 Å². The maximum atomic E-state index is 8.29. The molecule has 0 amide bonds. The number of halogens is 1. The largest absolute Gasteiger partial charge is 0.0608 e. The van der Waals surface area contributed by atoms with Crippen LogP contribution in [0.3, 0.4) is 0 Å². The lowest BCUT2D eigenvalue weighted by atomic mass is 10.1. The second-order valence-electron chi connectivity index (χ2n) is 3.24. The van der Waals surface area contributed by atoms with Gasteiger partial charge in [0.2, 0.25) is 0 Å². The molecule has 0 aliphatic rings. The molecule has 0 fully saturated rings. The molecule has 0 spiro atoms. The quantitative estimate of drug-likeness (QED) is 0.327. The predicted molar refractivity (Wildman–Crippen MR) is 73.4 cm³/mol. The first kappa shape index (κ1) is 11.0. The third kappa shape index (κ3) is 2.53. The van der Waals surface area contributed by atoms with Crippen LogP contribution in [-0.4, -0.2) is 0 Å². The third-order valence-electron chi connectivity index (χ3n) is 2.21. The van der Waals surface area contributed by atoms with E-state index in [4.69, 9.17) is 5.53 Å². The first-order valence-corrected chi connectivity index (χ1v) is 5.78. The molecule has 0 aliphatic carbocycles. The van der Waals surface area contributed by atoms with E-state index >= 15 is 0 Å². The summed E-state index contributed by atoms with van der Waals surface area (Å²) in [5.41, 5.74) is 11.2. The summed E-state index contributed by atoms with van der Waals surface area (Å²) < 4.78 is 1.21. The standard InChI is InChI=1S/C12H8IN3/c13-11-5-1-9(2-6-11)10-3-7-12(8-4-10)15-16-14/h1-8H. The van der Waals surface area contributed by atoms with Crippen molar-refractivity contribution in [2.24, 2.45) is 5.11 Å². The number of rotatable bonds is 2. The van der Waals surface area contributed by atoms with Crippen LogP contribution in [0.1, 0.15) is 0 Å². The van der Waals surface area contributed by atoms with Gasteiger partial charge in [0.15, 0.2) is 0 Å². The molecular weight excluding hydrogens is 313 g/mol.